The summed E-state index contributed by atoms with van der Waals surface area (Å²) < 4.78 is 26.2. The van der Waals surface area contributed by atoms with Gasteiger partial charge in [-0.05, 0) is 33.2 Å². The third-order valence-corrected chi connectivity index (χ3v) is 7.73. The summed E-state index contributed by atoms with van der Waals surface area (Å²) in [6.45, 7) is 10.9. The molecule has 0 aromatic heterocycles. The molecule has 0 spiro atoms. The Labute approximate surface area is 164 Å². The van der Waals surface area contributed by atoms with Crippen LogP contribution in [0.3, 0.4) is 0 Å². The van der Waals surface area contributed by atoms with E-state index in [4.69, 9.17) is 0 Å². The smallest absolute Gasteiger partial charge is 0.179 e. The first-order valence-corrected chi connectivity index (χ1v) is 11.6. The second kappa shape index (κ2) is 9.01. The molecule has 1 aromatic carbocycles. The van der Waals surface area contributed by atoms with E-state index in [1.54, 1.807) is 12.1 Å². The number of aryl methyl sites for hydroxylation is 1. The van der Waals surface area contributed by atoms with Crippen molar-refractivity contribution < 1.29 is 8.42 Å². The molecule has 7 heteroatoms. The second-order valence-corrected chi connectivity index (χ2v) is 10.2. The first-order valence-electron chi connectivity index (χ1n) is 9.96. The largest absolute Gasteiger partial charge is 0.304 e. The molecule has 2 heterocycles. The highest BCUT2D eigenvalue weighted by molar-refractivity contribution is 7.91. The van der Waals surface area contributed by atoms with Crippen molar-refractivity contribution in [2.75, 3.05) is 78.8 Å². The Morgan fingerprint density at radius 3 is 1.93 bits per heavy atom. The minimum absolute atomic E-state index is 0.0495. The summed E-state index contributed by atoms with van der Waals surface area (Å²) in [6, 6.07) is 7.33. The van der Waals surface area contributed by atoms with Crippen LogP contribution >= 0.6 is 0 Å². The van der Waals surface area contributed by atoms with Crippen LogP contribution in [0.25, 0.3) is 0 Å². The van der Waals surface area contributed by atoms with Crippen LogP contribution in [-0.2, 0) is 9.84 Å². The van der Waals surface area contributed by atoms with Gasteiger partial charge in [0, 0.05) is 64.9 Å². The van der Waals surface area contributed by atoms with E-state index >= 15 is 0 Å². The lowest BCUT2D eigenvalue weighted by Gasteiger charge is -2.41. The van der Waals surface area contributed by atoms with Gasteiger partial charge in [-0.25, -0.2) is 8.42 Å². The highest BCUT2D eigenvalue weighted by Crippen LogP contribution is 2.17. The van der Waals surface area contributed by atoms with Crippen molar-refractivity contribution in [2.45, 2.75) is 17.9 Å². The molecule has 0 amide bonds. The molecule has 1 unspecified atom stereocenters. The van der Waals surface area contributed by atoms with Crippen molar-refractivity contribution in [2.24, 2.45) is 0 Å². The normalized spacial score (nSPS) is 22.8. The van der Waals surface area contributed by atoms with Gasteiger partial charge in [-0.1, -0.05) is 17.7 Å². The van der Waals surface area contributed by atoms with Gasteiger partial charge in [0.1, 0.15) is 0 Å². The summed E-state index contributed by atoms with van der Waals surface area (Å²) >= 11 is 0. The fraction of sp³-hybridized carbons (Fsp3) is 0.700. The van der Waals surface area contributed by atoms with Gasteiger partial charge >= 0.3 is 0 Å². The van der Waals surface area contributed by atoms with Crippen LogP contribution in [0.4, 0.5) is 0 Å². The molecule has 0 aliphatic carbocycles. The van der Waals surface area contributed by atoms with Crippen LogP contribution in [0.15, 0.2) is 29.2 Å². The first kappa shape index (κ1) is 20.7. The van der Waals surface area contributed by atoms with E-state index in [0.717, 1.165) is 64.5 Å². The second-order valence-electron chi connectivity index (χ2n) is 8.19. The molecule has 0 radical (unpaired) electrons. The number of likely N-dealkylation sites (N-methyl/N-ethyl adjacent to an activating group) is 2. The Morgan fingerprint density at radius 1 is 0.852 bits per heavy atom. The third-order valence-electron chi connectivity index (χ3n) is 5.91. The van der Waals surface area contributed by atoms with Gasteiger partial charge in [0.15, 0.2) is 9.84 Å². The lowest BCUT2D eigenvalue weighted by atomic mass is 10.2. The molecular weight excluding hydrogens is 360 g/mol. The molecule has 152 valence electrons. The third kappa shape index (κ3) is 5.74. The van der Waals surface area contributed by atoms with Crippen LogP contribution in [0.1, 0.15) is 5.56 Å². The zero-order valence-corrected chi connectivity index (χ0v) is 17.8. The molecule has 2 saturated heterocycles. The summed E-state index contributed by atoms with van der Waals surface area (Å²) in [4.78, 5) is 9.94. The van der Waals surface area contributed by atoms with Gasteiger partial charge in [-0.2, -0.15) is 0 Å². The Kier molecular flexibility index (Phi) is 6.92. The minimum atomic E-state index is -3.29. The molecule has 2 aliphatic heterocycles. The number of benzene rings is 1. The van der Waals surface area contributed by atoms with Gasteiger partial charge in [0.2, 0.25) is 0 Å². The predicted molar refractivity (Wildman–Crippen MR) is 110 cm³/mol. The number of sulfone groups is 1. The zero-order valence-electron chi connectivity index (χ0n) is 17.0. The van der Waals surface area contributed by atoms with Crippen molar-refractivity contribution in [1.82, 2.24) is 19.6 Å². The molecule has 0 N–H and O–H groups in total. The summed E-state index contributed by atoms with van der Waals surface area (Å²) in [5.41, 5.74) is 1.09. The van der Waals surface area contributed by atoms with E-state index in [1.165, 1.54) is 0 Å². The zero-order chi connectivity index (χ0) is 19.4. The van der Waals surface area contributed by atoms with Gasteiger partial charge in [-0.3, -0.25) is 9.80 Å². The van der Waals surface area contributed by atoms with Crippen LogP contribution in [0, 0.1) is 6.92 Å². The Hall–Kier alpha value is -0.990. The lowest BCUT2D eigenvalue weighted by Crippen LogP contribution is -2.56. The van der Waals surface area contributed by atoms with Crippen molar-refractivity contribution >= 4 is 9.84 Å². The van der Waals surface area contributed by atoms with E-state index in [1.807, 2.05) is 19.1 Å². The van der Waals surface area contributed by atoms with E-state index in [-0.39, 0.29) is 11.8 Å². The molecule has 0 bridgehead atoms. The van der Waals surface area contributed by atoms with Gasteiger partial charge in [-0.15, -0.1) is 0 Å². The minimum Gasteiger partial charge on any atom is -0.304 e. The molecule has 2 aliphatic rings. The summed E-state index contributed by atoms with van der Waals surface area (Å²) in [6.07, 6.45) is 0. The Morgan fingerprint density at radius 2 is 1.37 bits per heavy atom. The molecule has 2 fully saturated rings. The summed E-state index contributed by atoms with van der Waals surface area (Å²) in [7, 11) is 0.992. The highest BCUT2D eigenvalue weighted by atomic mass is 32.2. The molecular formula is C20H34N4O2S. The number of rotatable bonds is 6. The van der Waals surface area contributed by atoms with Gasteiger partial charge in [0.05, 0.1) is 10.6 Å². The Balaban J connectivity index is 1.73. The van der Waals surface area contributed by atoms with Crippen molar-refractivity contribution in [3.63, 3.8) is 0 Å². The molecule has 6 nitrogen and oxygen atoms in total. The van der Waals surface area contributed by atoms with Crippen molar-refractivity contribution in [3.05, 3.63) is 29.8 Å². The maximum Gasteiger partial charge on any atom is 0.179 e. The fourth-order valence-electron chi connectivity index (χ4n) is 3.88. The van der Waals surface area contributed by atoms with Crippen LogP contribution < -0.4 is 0 Å². The Bertz CT molecular complexity index is 691. The van der Waals surface area contributed by atoms with E-state index < -0.39 is 9.84 Å². The lowest BCUT2D eigenvalue weighted by molar-refractivity contribution is 0.0773. The number of hydrogen-bond acceptors (Lipinski definition) is 6. The average Bonchev–Trinajstić information content (AvgIpc) is 2.64. The monoisotopic (exact) mass is 394 g/mol. The fourth-order valence-corrected chi connectivity index (χ4v) is 5.45. The summed E-state index contributed by atoms with van der Waals surface area (Å²) in [5.74, 6) is 0.201. The maximum atomic E-state index is 13.1. The van der Waals surface area contributed by atoms with Crippen LogP contribution in [0.5, 0.6) is 0 Å². The quantitative estimate of drug-likeness (QED) is 0.705. The molecule has 1 aromatic rings. The van der Waals surface area contributed by atoms with Crippen LogP contribution in [-0.4, -0.2) is 113 Å². The SMILES string of the molecule is Cc1ccc(S(=O)(=O)CC(CN2CCN(C)CC2)N2CCN(C)CC2)cc1. The topological polar surface area (TPSA) is 47.1 Å². The van der Waals surface area contributed by atoms with Gasteiger partial charge in [0.25, 0.3) is 0 Å². The predicted octanol–water partition coefficient (Wildman–Crippen LogP) is 0.632. The van der Waals surface area contributed by atoms with Crippen molar-refractivity contribution in [1.29, 1.82) is 0 Å². The van der Waals surface area contributed by atoms with E-state index in [0.29, 0.717) is 4.90 Å². The first-order chi connectivity index (χ1) is 12.8. The number of hydrogen-bond donors (Lipinski definition) is 0. The molecule has 3 rings (SSSR count). The van der Waals surface area contributed by atoms with Gasteiger partial charge < -0.3 is 9.80 Å². The molecule has 0 saturated carbocycles. The number of piperazine rings is 2. The van der Waals surface area contributed by atoms with E-state index in [9.17, 15) is 8.42 Å². The van der Waals surface area contributed by atoms with E-state index in [2.05, 4.69) is 33.7 Å². The summed E-state index contributed by atoms with van der Waals surface area (Å²) in [5, 5.41) is 0. The maximum absolute atomic E-state index is 13.1. The number of nitrogens with zero attached hydrogens (tertiary/aromatic N) is 4. The van der Waals surface area contributed by atoms with Crippen LogP contribution in [0.2, 0.25) is 0 Å². The molecule has 1 atom stereocenters. The average molecular weight is 395 g/mol. The highest BCUT2D eigenvalue weighted by Gasteiger charge is 2.30. The van der Waals surface area contributed by atoms with Crippen molar-refractivity contribution in [3.8, 4) is 0 Å². The molecule has 27 heavy (non-hydrogen) atoms. The standard InChI is InChI=1S/C20H34N4O2S/c1-18-4-6-20(7-5-18)27(25,26)17-19(24-14-10-22(3)11-15-24)16-23-12-8-21(2)9-13-23/h4-7,19H,8-17H2,1-3H3.